The van der Waals surface area contributed by atoms with E-state index >= 15 is 0 Å². The molecule has 0 amide bonds. The van der Waals surface area contributed by atoms with Gasteiger partial charge < -0.3 is 4.90 Å². The van der Waals surface area contributed by atoms with Crippen molar-refractivity contribution in [2.75, 3.05) is 20.8 Å². The fourth-order valence-corrected chi connectivity index (χ4v) is 0.768. The average Bonchev–Trinajstić information content (AvgIpc) is 1.80. The van der Waals surface area contributed by atoms with Crippen molar-refractivity contribution in [1.29, 1.82) is 0 Å². The fraction of sp³-hybridized carbons (Fsp3) is 0.800. The fourth-order valence-electron chi connectivity index (χ4n) is 0.768. The zero-order chi connectivity index (χ0) is 6.85. The maximum Gasteiger partial charge on any atom is 0.156 e. The molecule has 0 saturated heterocycles. The van der Waals surface area contributed by atoms with Crippen LogP contribution < -0.4 is 5.73 Å². The van der Waals surface area contributed by atoms with Crippen molar-refractivity contribution in [1.82, 2.24) is 9.80 Å². The number of aliphatic imine (C=N–C) groups is 1. The summed E-state index contributed by atoms with van der Waals surface area (Å²) in [6, 6.07) is 0. The van der Waals surface area contributed by atoms with Crippen LogP contribution in [0, 0.1) is 0 Å². The van der Waals surface area contributed by atoms with Crippen LogP contribution in [-0.4, -0.2) is 43.2 Å². The van der Waals surface area contributed by atoms with Crippen LogP contribution in [-0.2, 0) is 0 Å². The summed E-state index contributed by atoms with van der Waals surface area (Å²) in [6.45, 7) is 0.852. The molecule has 1 heterocycles. The molecule has 0 fully saturated rings. The Hall–Kier alpha value is -0.610. The van der Waals surface area contributed by atoms with Crippen LogP contribution in [0.15, 0.2) is 4.99 Å². The second-order valence-corrected chi connectivity index (χ2v) is 2.33. The van der Waals surface area contributed by atoms with Gasteiger partial charge in [0.25, 0.3) is 0 Å². The molecule has 1 rings (SSSR count). The molecule has 0 bridgehead atoms. The van der Waals surface area contributed by atoms with E-state index in [4.69, 9.17) is 5.73 Å². The van der Waals surface area contributed by atoms with Gasteiger partial charge in [-0.1, -0.05) is 0 Å². The van der Waals surface area contributed by atoms with E-state index in [0.717, 1.165) is 6.67 Å². The Kier molecular flexibility index (Phi) is 1.68. The first kappa shape index (κ1) is 6.51. The molecule has 9 heavy (non-hydrogen) atoms. The first-order chi connectivity index (χ1) is 4.20. The van der Waals surface area contributed by atoms with Crippen LogP contribution in [0.25, 0.3) is 0 Å². The van der Waals surface area contributed by atoms with Crippen molar-refractivity contribution >= 4 is 6.34 Å². The molecule has 0 radical (unpaired) electrons. The van der Waals surface area contributed by atoms with Gasteiger partial charge in [-0.05, 0) is 7.05 Å². The number of hydrogen-bond donors (Lipinski definition) is 1. The molecule has 52 valence electrons. The highest BCUT2D eigenvalue weighted by atomic mass is 15.4. The maximum absolute atomic E-state index is 5.54. The minimum Gasteiger partial charge on any atom is -0.353 e. The monoisotopic (exact) mass is 128 g/mol. The standard InChI is InChI=1S/C5H12N4/c1-8-3-7-5(6)9(2)4-8/h3,5H,4,6H2,1-2H3. The Morgan fingerprint density at radius 1 is 1.67 bits per heavy atom. The van der Waals surface area contributed by atoms with Crippen LogP contribution in [0.4, 0.5) is 0 Å². The second-order valence-electron chi connectivity index (χ2n) is 2.33. The van der Waals surface area contributed by atoms with E-state index < -0.39 is 0 Å². The lowest BCUT2D eigenvalue weighted by atomic mass is 10.6. The lowest BCUT2D eigenvalue weighted by Crippen LogP contribution is -2.47. The van der Waals surface area contributed by atoms with Gasteiger partial charge in [-0.2, -0.15) is 0 Å². The van der Waals surface area contributed by atoms with Gasteiger partial charge in [0.1, 0.15) is 0 Å². The van der Waals surface area contributed by atoms with Crippen molar-refractivity contribution in [2.45, 2.75) is 6.29 Å². The van der Waals surface area contributed by atoms with Gasteiger partial charge in [-0.15, -0.1) is 0 Å². The van der Waals surface area contributed by atoms with E-state index in [9.17, 15) is 0 Å². The molecule has 4 heteroatoms. The van der Waals surface area contributed by atoms with Crippen molar-refractivity contribution in [2.24, 2.45) is 10.7 Å². The minimum absolute atomic E-state index is 0.152. The summed E-state index contributed by atoms with van der Waals surface area (Å²) in [4.78, 5) is 7.93. The van der Waals surface area contributed by atoms with Crippen molar-refractivity contribution in [3.8, 4) is 0 Å². The van der Waals surface area contributed by atoms with Crippen molar-refractivity contribution < 1.29 is 0 Å². The molecule has 0 aromatic carbocycles. The summed E-state index contributed by atoms with van der Waals surface area (Å²) < 4.78 is 0. The molecule has 4 nitrogen and oxygen atoms in total. The van der Waals surface area contributed by atoms with Gasteiger partial charge in [0.2, 0.25) is 0 Å². The highest BCUT2D eigenvalue weighted by molar-refractivity contribution is 5.55. The van der Waals surface area contributed by atoms with Gasteiger partial charge >= 0.3 is 0 Å². The van der Waals surface area contributed by atoms with Crippen LogP contribution in [0.5, 0.6) is 0 Å². The minimum atomic E-state index is -0.152. The Morgan fingerprint density at radius 3 is 2.78 bits per heavy atom. The molecule has 2 N–H and O–H groups in total. The third kappa shape index (κ3) is 1.40. The molecule has 1 aliphatic rings. The lowest BCUT2D eigenvalue weighted by molar-refractivity contribution is 0.173. The Balaban J connectivity index is 2.54. The molecular formula is C5H12N4. The largest absolute Gasteiger partial charge is 0.353 e. The van der Waals surface area contributed by atoms with Gasteiger partial charge in [-0.3, -0.25) is 10.6 Å². The molecule has 0 aromatic heterocycles. The molecule has 0 spiro atoms. The molecular weight excluding hydrogens is 116 g/mol. The average molecular weight is 128 g/mol. The molecule has 1 aliphatic heterocycles. The van der Waals surface area contributed by atoms with Crippen molar-refractivity contribution in [3.63, 3.8) is 0 Å². The van der Waals surface area contributed by atoms with E-state index in [2.05, 4.69) is 4.99 Å². The number of rotatable bonds is 0. The van der Waals surface area contributed by atoms with Gasteiger partial charge in [0.05, 0.1) is 13.0 Å². The Morgan fingerprint density at radius 2 is 2.33 bits per heavy atom. The third-order valence-corrected chi connectivity index (χ3v) is 1.31. The van der Waals surface area contributed by atoms with Gasteiger partial charge in [0.15, 0.2) is 6.29 Å². The topological polar surface area (TPSA) is 44.9 Å². The zero-order valence-electron chi connectivity index (χ0n) is 5.78. The number of hydrogen-bond acceptors (Lipinski definition) is 4. The summed E-state index contributed by atoms with van der Waals surface area (Å²) in [5.74, 6) is 0. The first-order valence-electron chi connectivity index (χ1n) is 2.89. The van der Waals surface area contributed by atoms with E-state index in [-0.39, 0.29) is 6.29 Å². The van der Waals surface area contributed by atoms with E-state index in [1.54, 1.807) is 6.34 Å². The second kappa shape index (κ2) is 2.33. The zero-order valence-corrected chi connectivity index (χ0v) is 5.78. The van der Waals surface area contributed by atoms with Crippen LogP contribution >= 0.6 is 0 Å². The lowest BCUT2D eigenvalue weighted by Gasteiger charge is -2.30. The predicted molar refractivity (Wildman–Crippen MR) is 36.9 cm³/mol. The highest BCUT2D eigenvalue weighted by Crippen LogP contribution is 1.96. The van der Waals surface area contributed by atoms with Crippen LogP contribution in [0.3, 0.4) is 0 Å². The third-order valence-electron chi connectivity index (χ3n) is 1.31. The van der Waals surface area contributed by atoms with Gasteiger partial charge in [0, 0.05) is 7.05 Å². The Labute approximate surface area is 54.9 Å². The normalized spacial score (nSPS) is 29.2. The van der Waals surface area contributed by atoms with Crippen LogP contribution in [0.1, 0.15) is 0 Å². The van der Waals surface area contributed by atoms with Crippen LogP contribution in [0.2, 0.25) is 0 Å². The molecule has 1 atom stereocenters. The first-order valence-corrected chi connectivity index (χ1v) is 2.89. The summed E-state index contributed by atoms with van der Waals surface area (Å²) in [7, 11) is 3.91. The summed E-state index contributed by atoms with van der Waals surface area (Å²) in [5.41, 5.74) is 5.54. The summed E-state index contributed by atoms with van der Waals surface area (Å²) >= 11 is 0. The molecule has 1 unspecified atom stereocenters. The highest BCUT2D eigenvalue weighted by Gasteiger charge is 2.11. The predicted octanol–water partition coefficient (Wildman–Crippen LogP) is -0.908. The number of nitrogens with zero attached hydrogens (tertiary/aromatic N) is 3. The summed E-state index contributed by atoms with van der Waals surface area (Å²) in [5, 5.41) is 0. The molecule has 0 saturated carbocycles. The van der Waals surface area contributed by atoms with E-state index in [1.807, 2.05) is 23.9 Å². The van der Waals surface area contributed by atoms with Crippen molar-refractivity contribution in [3.05, 3.63) is 0 Å². The number of nitrogens with two attached hydrogens (primary N) is 1. The smallest absolute Gasteiger partial charge is 0.156 e. The SMILES string of the molecule is CN1C=NC(N)N(C)C1. The Bertz CT molecular complexity index is 122. The molecule has 0 aromatic rings. The van der Waals surface area contributed by atoms with E-state index in [0.29, 0.717) is 0 Å². The molecule has 0 aliphatic carbocycles. The quantitative estimate of drug-likeness (QED) is 0.459. The summed E-state index contributed by atoms with van der Waals surface area (Å²) in [6.07, 6.45) is 1.60. The maximum atomic E-state index is 5.54. The van der Waals surface area contributed by atoms with E-state index in [1.165, 1.54) is 0 Å². The van der Waals surface area contributed by atoms with Gasteiger partial charge in [-0.25, -0.2) is 4.99 Å².